The lowest BCUT2D eigenvalue weighted by molar-refractivity contribution is 1.10. The summed E-state index contributed by atoms with van der Waals surface area (Å²) in [5.74, 6) is 1.32. The molecule has 202 valence electrons. The van der Waals surface area contributed by atoms with Crippen LogP contribution in [0.1, 0.15) is 0 Å². The predicted octanol–water partition coefficient (Wildman–Crippen LogP) is 10.5. The Kier molecular flexibility index (Phi) is 7.53. The number of hydrogen-bond donors (Lipinski definition) is 0. The van der Waals surface area contributed by atoms with Crippen molar-refractivity contribution < 1.29 is 0 Å². The highest BCUT2D eigenvalue weighted by atomic mass is 35.5. The summed E-state index contributed by atoms with van der Waals surface area (Å²) in [7, 11) is 0. The Morgan fingerprint density at radius 1 is 0.405 bits per heavy atom. The molecule has 0 unspecified atom stereocenters. The van der Waals surface area contributed by atoms with Gasteiger partial charge in [-0.2, -0.15) is 0 Å². The van der Waals surface area contributed by atoms with E-state index in [1.807, 2.05) is 109 Å². The van der Waals surface area contributed by atoms with Crippen LogP contribution in [0.5, 0.6) is 0 Å². The minimum atomic E-state index is 0.662. The van der Waals surface area contributed by atoms with Gasteiger partial charge in [-0.1, -0.05) is 107 Å². The molecule has 2 aromatic heterocycles. The third kappa shape index (κ3) is 5.72. The fourth-order valence-corrected chi connectivity index (χ4v) is 6.58. The second kappa shape index (κ2) is 11.7. The van der Waals surface area contributed by atoms with E-state index in [1.54, 1.807) is 23.5 Å². The first kappa shape index (κ1) is 26.9. The number of benzene rings is 5. The standard InChI is InChI=1S/C34H20Cl2N4S2/c35-23-13-17-25(18-14-23)41-33-27-5-1-3-7-29(27)37-31(39-33)21-9-11-22(12-10-21)32-38-30-8-4-2-6-28(30)34(40-32)42-26-19-15-24(36)16-20-26/h1-20H. The monoisotopic (exact) mass is 618 g/mol. The molecule has 7 rings (SSSR count). The first-order valence-corrected chi connectivity index (χ1v) is 15.5. The maximum Gasteiger partial charge on any atom is 0.161 e. The molecule has 0 bridgehead atoms. The zero-order chi connectivity index (χ0) is 28.5. The third-order valence-corrected chi connectivity index (χ3v) is 9.12. The van der Waals surface area contributed by atoms with Gasteiger partial charge in [0.2, 0.25) is 0 Å². The Hall–Kier alpha value is -3.94. The number of rotatable bonds is 6. The minimum Gasteiger partial charge on any atom is -0.228 e. The van der Waals surface area contributed by atoms with Gasteiger partial charge in [-0.15, -0.1) is 0 Å². The highest BCUT2D eigenvalue weighted by Gasteiger charge is 2.14. The zero-order valence-corrected chi connectivity index (χ0v) is 25.1. The van der Waals surface area contributed by atoms with E-state index in [-0.39, 0.29) is 0 Å². The maximum atomic E-state index is 6.10. The molecule has 7 aromatic rings. The van der Waals surface area contributed by atoms with Crippen LogP contribution >= 0.6 is 46.7 Å². The number of nitrogens with zero attached hydrogens (tertiary/aromatic N) is 4. The molecule has 0 amide bonds. The van der Waals surface area contributed by atoms with E-state index in [4.69, 9.17) is 43.1 Å². The Morgan fingerprint density at radius 2 is 0.786 bits per heavy atom. The molecule has 0 aliphatic carbocycles. The van der Waals surface area contributed by atoms with E-state index in [0.717, 1.165) is 52.8 Å². The van der Waals surface area contributed by atoms with Gasteiger partial charge in [0.15, 0.2) is 11.6 Å². The lowest BCUT2D eigenvalue weighted by Crippen LogP contribution is -1.96. The van der Waals surface area contributed by atoms with E-state index in [9.17, 15) is 0 Å². The fourth-order valence-electron chi connectivity index (χ4n) is 4.51. The van der Waals surface area contributed by atoms with Crippen molar-refractivity contribution in [1.82, 2.24) is 19.9 Å². The largest absolute Gasteiger partial charge is 0.228 e. The Labute approximate surface area is 261 Å². The van der Waals surface area contributed by atoms with Crippen LogP contribution < -0.4 is 0 Å². The fraction of sp³-hybridized carbons (Fsp3) is 0. The van der Waals surface area contributed by atoms with Crippen LogP contribution in [0.2, 0.25) is 10.0 Å². The summed E-state index contributed by atoms with van der Waals surface area (Å²) in [6.07, 6.45) is 0. The van der Waals surface area contributed by atoms with Crippen LogP contribution in [0, 0.1) is 0 Å². The average molecular weight is 620 g/mol. The van der Waals surface area contributed by atoms with E-state index in [0.29, 0.717) is 21.7 Å². The predicted molar refractivity (Wildman–Crippen MR) is 175 cm³/mol. The molecule has 42 heavy (non-hydrogen) atoms. The van der Waals surface area contributed by atoms with Gasteiger partial charge in [0.05, 0.1) is 11.0 Å². The molecule has 4 nitrogen and oxygen atoms in total. The zero-order valence-electron chi connectivity index (χ0n) is 21.9. The molecular weight excluding hydrogens is 599 g/mol. The van der Waals surface area contributed by atoms with Crippen LogP contribution in [0.3, 0.4) is 0 Å². The van der Waals surface area contributed by atoms with Gasteiger partial charge in [0, 0.05) is 41.7 Å². The van der Waals surface area contributed by atoms with Crippen molar-refractivity contribution in [2.45, 2.75) is 19.8 Å². The molecule has 8 heteroatoms. The van der Waals surface area contributed by atoms with Gasteiger partial charge in [-0.3, -0.25) is 0 Å². The molecule has 0 fully saturated rings. The molecular formula is C34H20Cl2N4S2. The van der Waals surface area contributed by atoms with Gasteiger partial charge in [0.25, 0.3) is 0 Å². The van der Waals surface area contributed by atoms with Crippen LogP contribution in [-0.4, -0.2) is 19.9 Å². The third-order valence-electron chi connectivity index (χ3n) is 6.59. The summed E-state index contributed by atoms with van der Waals surface area (Å²) in [6, 6.07) is 39.8. The average Bonchev–Trinajstić information content (AvgIpc) is 3.03. The van der Waals surface area contributed by atoms with Crippen LogP contribution in [0.4, 0.5) is 0 Å². The first-order valence-electron chi connectivity index (χ1n) is 13.1. The molecule has 2 heterocycles. The Bertz CT molecular complexity index is 1900. The molecule has 0 N–H and O–H groups in total. The maximum absolute atomic E-state index is 6.10. The van der Waals surface area contributed by atoms with Crippen molar-refractivity contribution in [3.8, 4) is 22.8 Å². The van der Waals surface area contributed by atoms with E-state index in [2.05, 4.69) is 12.1 Å². The van der Waals surface area contributed by atoms with Crippen LogP contribution in [0.15, 0.2) is 141 Å². The SMILES string of the molecule is Clc1ccc(Sc2nc(-c3ccc(-c4nc(Sc5ccc(Cl)cc5)c5ccccc5n4)cc3)nc3ccccc23)cc1. The van der Waals surface area contributed by atoms with Crippen molar-refractivity contribution in [2.24, 2.45) is 0 Å². The van der Waals surface area contributed by atoms with E-state index >= 15 is 0 Å². The second-order valence-corrected chi connectivity index (χ2v) is 12.4. The molecule has 5 aromatic carbocycles. The number of halogens is 2. The quantitative estimate of drug-likeness (QED) is 0.173. The van der Waals surface area contributed by atoms with Crippen molar-refractivity contribution in [3.05, 3.63) is 131 Å². The molecule has 0 saturated carbocycles. The normalized spacial score (nSPS) is 11.3. The molecule has 0 radical (unpaired) electrons. The summed E-state index contributed by atoms with van der Waals surface area (Å²) < 4.78 is 0. The van der Waals surface area contributed by atoms with Crippen molar-refractivity contribution in [2.75, 3.05) is 0 Å². The van der Waals surface area contributed by atoms with Crippen LogP contribution in [0.25, 0.3) is 44.6 Å². The highest BCUT2D eigenvalue weighted by Crippen LogP contribution is 2.36. The number of aromatic nitrogens is 4. The Morgan fingerprint density at radius 3 is 1.19 bits per heavy atom. The van der Waals surface area contributed by atoms with Gasteiger partial charge in [-0.25, -0.2) is 19.9 Å². The topological polar surface area (TPSA) is 51.6 Å². The molecule has 0 aliphatic rings. The van der Waals surface area contributed by atoms with Gasteiger partial charge in [0.1, 0.15) is 10.1 Å². The van der Waals surface area contributed by atoms with Crippen molar-refractivity contribution in [1.29, 1.82) is 0 Å². The number of para-hydroxylation sites is 2. The summed E-state index contributed by atoms with van der Waals surface area (Å²) >= 11 is 15.4. The minimum absolute atomic E-state index is 0.662. The van der Waals surface area contributed by atoms with Gasteiger partial charge in [-0.05, 0) is 60.7 Å². The summed E-state index contributed by atoms with van der Waals surface area (Å²) in [6.45, 7) is 0. The molecule has 0 spiro atoms. The van der Waals surface area contributed by atoms with Crippen molar-refractivity contribution in [3.63, 3.8) is 0 Å². The second-order valence-electron chi connectivity index (χ2n) is 9.43. The summed E-state index contributed by atoms with van der Waals surface area (Å²) in [5, 5.41) is 5.21. The molecule has 0 aliphatic heterocycles. The summed E-state index contributed by atoms with van der Waals surface area (Å²) in [5.41, 5.74) is 3.62. The van der Waals surface area contributed by atoms with Crippen LogP contribution in [-0.2, 0) is 0 Å². The smallest absolute Gasteiger partial charge is 0.161 e. The van der Waals surface area contributed by atoms with E-state index in [1.165, 1.54) is 0 Å². The lowest BCUT2D eigenvalue weighted by Gasteiger charge is -2.10. The lowest BCUT2D eigenvalue weighted by atomic mass is 10.1. The molecule has 0 atom stereocenters. The number of fused-ring (bicyclic) bond motifs is 2. The molecule has 0 saturated heterocycles. The van der Waals surface area contributed by atoms with E-state index < -0.39 is 0 Å². The first-order chi connectivity index (χ1) is 20.6. The highest BCUT2D eigenvalue weighted by molar-refractivity contribution is 7.99. The van der Waals surface area contributed by atoms with Crippen molar-refractivity contribution >= 4 is 68.5 Å². The van der Waals surface area contributed by atoms with Gasteiger partial charge < -0.3 is 0 Å². The summed E-state index contributed by atoms with van der Waals surface area (Å²) in [4.78, 5) is 21.8. The van der Waals surface area contributed by atoms with Gasteiger partial charge >= 0.3 is 0 Å². The number of hydrogen-bond acceptors (Lipinski definition) is 6. The Balaban J connectivity index is 1.25.